The summed E-state index contributed by atoms with van der Waals surface area (Å²) < 4.78 is 35.5. The summed E-state index contributed by atoms with van der Waals surface area (Å²) >= 11 is 5.83. The second-order valence-electron chi connectivity index (χ2n) is 5.51. The standard InChI is InChI=1S/C20H21ClO4S/c21-15-19(17-26(22,23)20-11-5-2-6-12-20)25-14-8-7-13-24-16-18-9-3-1-4-10-18/h1-6,9-12,19H,13-17H2. The third kappa shape index (κ3) is 7.19. The molecule has 0 radical (unpaired) electrons. The zero-order valence-electron chi connectivity index (χ0n) is 14.3. The lowest BCUT2D eigenvalue weighted by Gasteiger charge is -2.13. The maximum Gasteiger partial charge on any atom is 0.180 e. The van der Waals surface area contributed by atoms with Gasteiger partial charge in [-0.15, -0.1) is 11.6 Å². The van der Waals surface area contributed by atoms with Gasteiger partial charge in [-0.1, -0.05) is 60.4 Å². The van der Waals surface area contributed by atoms with Crippen molar-refractivity contribution in [3.8, 4) is 11.8 Å². The lowest BCUT2D eigenvalue weighted by molar-refractivity contribution is 0.110. The second-order valence-corrected chi connectivity index (χ2v) is 7.86. The molecule has 0 amide bonds. The van der Waals surface area contributed by atoms with Gasteiger partial charge < -0.3 is 9.47 Å². The van der Waals surface area contributed by atoms with E-state index in [9.17, 15) is 8.42 Å². The molecule has 1 atom stereocenters. The van der Waals surface area contributed by atoms with E-state index in [1.54, 1.807) is 30.3 Å². The summed E-state index contributed by atoms with van der Waals surface area (Å²) in [4.78, 5) is 0.263. The van der Waals surface area contributed by atoms with Crippen molar-refractivity contribution < 1.29 is 17.9 Å². The van der Waals surface area contributed by atoms with Crippen LogP contribution in [0.25, 0.3) is 0 Å². The smallest absolute Gasteiger partial charge is 0.180 e. The van der Waals surface area contributed by atoms with Crippen LogP contribution in [-0.2, 0) is 25.9 Å². The largest absolute Gasteiger partial charge is 0.364 e. The number of rotatable bonds is 9. The van der Waals surface area contributed by atoms with Crippen LogP contribution in [0.3, 0.4) is 0 Å². The molecule has 2 aromatic rings. The van der Waals surface area contributed by atoms with Crippen molar-refractivity contribution in [1.29, 1.82) is 0 Å². The molecule has 0 N–H and O–H groups in total. The van der Waals surface area contributed by atoms with E-state index in [1.165, 1.54) is 0 Å². The molecule has 0 spiro atoms. The van der Waals surface area contributed by atoms with Crippen LogP contribution in [0.15, 0.2) is 65.6 Å². The number of alkyl halides is 1. The Morgan fingerprint density at radius 3 is 2.19 bits per heavy atom. The Labute approximate surface area is 160 Å². The molecule has 0 aliphatic rings. The van der Waals surface area contributed by atoms with E-state index in [2.05, 4.69) is 11.8 Å². The van der Waals surface area contributed by atoms with E-state index in [4.69, 9.17) is 21.1 Å². The first-order chi connectivity index (χ1) is 12.6. The van der Waals surface area contributed by atoms with E-state index < -0.39 is 15.9 Å². The molecule has 0 fully saturated rings. The molecular formula is C20H21ClO4S. The van der Waals surface area contributed by atoms with Crippen molar-refractivity contribution in [2.45, 2.75) is 17.6 Å². The van der Waals surface area contributed by atoms with Gasteiger partial charge in [-0.2, -0.15) is 0 Å². The van der Waals surface area contributed by atoms with Crippen LogP contribution >= 0.6 is 11.6 Å². The number of benzene rings is 2. The van der Waals surface area contributed by atoms with E-state index in [0.29, 0.717) is 6.61 Å². The van der Waals surface area contributed by atoms with E-state index in [0.717, 1.165) is 5.56 Å². The molecule has 4 nitrogen and oxygen atoms in total. The summed E-state index contributed by atoms with van der Waals surface area (Å²) in [5.74, 6) is 5.56. The Hall–Kier alpha value is -1.84. The number of halogens is 1. The summed E-state index contributed by atoms with van der Waals surface area (Å²) in [6, 6.07) is 18.1. The summed E-state index contributed by atoms with van der Waals surface area (Å²) in [6.45, 7) is 0.887. The van der Waals surface area contributed by atoms with Gasteiger partial charge in [-0.05, 0) is 17.7 Å². The number of ether oxygens (including phenoxy) is 2. The molecular weight excluding hydrogens is 372 g/mol. The van der Waals surface area contributed by atoms with Gasteiger partial charge in [0.1, 0.15) is 13.2 Å². The molecule has 0 heterocycles. The Balaban J connectivity index is 1.72. The van der Waals surface area contributed by atoms with E-state index in [1.807, 2.05) is 30.3 Å². The predicted octanol–water partition coefficient (Wildman–Crippen LogP) is 3.30. The zero-order valence-corrected chi connectivity index (χ0v) is 15.9. The molecule has 0 saturated carbocycles. The minimum atomic E-state index is -3.44. The summed E-state index contributed by atoms with van der Waals surface area (Å²) in [5.41, 5.74) is 1.08. The van der Waals surface area contributed by atoms with Crippen molar-refractivity contribution in [2.75, 3.05) is 24.8 Å². The molecule has 0 saturated heterocycles. The van der Waals surface area contributed by atoms with E-state index >= 15 is 0 Å². The topological polar surface area (TPSA) is 52.6 Å². The van der Waals surface area contributed by atoms with Crippen molar-refractivity contribution in [3.05, 3.63) is 66.2 Å². The third-order valence-electron chi connectivity index (χ3n) is 3.48. The van der Waals surface area contributed by atoms with Crippen LogP contribution < -0.4 is 0 Å². The van der Waals surface area contributed by atoms with Gasteiger partial charge in [0.25, 0.3) is 0 Å². The summed E-state index contributed by atoms with van der Waals surface area (Å²) in [7, 11) is -3.44. The molecule has 138 valence electrons. The Kier molecular flexibility index (Phi) is 8.66. The van der Waals surface area contributed by atoms with Gasteiger partial charge in [0.2, 0.25) is 0 Å². The highest BCUT2D eigenvalue weighted by Gasteiger charge is 2.20. The van der Waals surface area contributed by atoms with Crippen LogP contribution in [0, 0.1) is 11.8 Å². The minimum Gasteiger partial charge on any atom is -0.364 e. The molecule has 26 heavy (non-hydrogen) atoms. The molecule has 6 heteroatoms. The van der Waals surface area contributed by atoms with Gasteiger partial charge in [-0.25, -0.2) is 8.42 Å². The van der Waals surface area contributed by atoms with Crippen molar-refractivity contribution in [1.82, 2.24) is 0 Å². The SMILES string of the molecule is O=S(=O)(CC(CCl)OCC#CCOCc1ccccc1)c1ccccc1. The van der Waals surface area contributed by atoms with Gasteiger partial charge in [0.15, 0.2) is 9.84 Å². The maximum absolute atomic E-state index is 12.3. The van der Waals surface area contributed by atoms with Gasteiger partial charge in [0.05, 0.1) is 23.4 Å². The highest BCUT2D eigenvalue weighted by atomic mass is 35.5. The van der Waals surface area contributed by atoms with Crippen LogP contribution in [0.5, 0.6) is 0 Å². The number of sulfone groups is 1. The lowest BCUT2D eigenvalue weighted by Crippen LogP contribution is -2.26. The Morgan fingerprint density at radius 2 is 1.54 bits per heavy atom. The van der Waals surface area contributed by atoms with Crippen LogP contribution in [-0.4, -0.2) is 39.4 Å². The fraction of sp³-hybridized carbons (Fsp3) is 0.300. The van der Waals surface area contributed by atoms with Gasteiger partial charge in [-0.3, -0.25) is 0 Å². The first-order valence-electron chi connectivity index (χ1n) is 8.14. The monoisotopic (exact) mass is 392 g/mol. The lowest BCUT2D eigenvalue weighted by atomic mass is 10.2. The normalized spacial score (nSPS) is 12.2. The Morgan fingerprint density at radius 1 is 0.923 bits per heavy atom. The molecule has 2 rings (SSSR count). The average molecular weight is 393 g/mol. The molecule has 1 unspecified atom stereocenters. The molecule has 2 aromatic carbocycles. The van der Waals surface area contributed by atoms with Crippen LogP contribution in [0.4, 0.5) is 0 Å². The van der Waals surface area contributed by atoms with Gasteiger partial charge >= 0.3 is 0 Å². The average Bonchev–Trinajstić information content (AvgIpc) is 2.67. The fourth-order valence-electron chi connectivity index (χ4n) is 2.16. The number of hydrogen-bond acceptors (Lipinski definition) is 4. The third-order valence-corrected chi connectivity index (χ3v) is 5.63. The Bertz CT molecular complexity index is 811. The maximum atomic E-state index is 12.3. The van der Waals surface area contributed by atoms with Crippen molar-refractivity contribution in [2.24, 2.45) is 0 Å². The first-order valence-corrected chi connectivity index (χ1v) is 10.3. The highest BCUT2D eigenvalue weighted by Crippen LogP contribution is 2.13. The van der Waals surface area contributed by atoms with E-state index in [-0.39, 0.29) is 29.7 Å². The zero-order chi connectivity index (χ0) is 18.7. The molecule has 0 aliphatic carbocycles. The quantitative estimate of drug-likeness (QED) is 0.373. The number of hydrogen-bond donors (Lipinski definition) is 0. The fourth-order valence-corrected chi connectivity index (χ4v) is 3.96. The molecule has 0 aromatic heterocycles. The minimum absolute atomic E-state index is 0.0816. The van der Waals surface area contributed by atoms with Gasteiger partial charge in [0, 0.05) is 5.88 Å². The highest BCUT2D eigenvalue weighted by molar-refractivity contribution is 7.91. The van der Waals surface area contributed by atoms with Crippen molar-refractivity contribution >= 4 is 21.4 Å². The van der Waals surface area contributed by atoms with Crippen LogP contribution in [0.2, 0.25) is 0 Å². The second kappa shape index (κ2) is 11.0. The molecule has 0 bridgehead atoms. The predicted molar refractivity (Wildman–Crippen MR) is 103 cm³/mol. The summed E-state index contributed by atoms with van der Waals surface area (Å²) in [6.07, 6.45) is -0.610. The summed E-state index contributed by atoms with van der Waals surface area (Å²) in [5, 5.41) is 0. The molecule has 0 aliphatic heterocycles. The van der Waals surface area contributed by atoms with Crippen LogP contribution in [0.1, 0.15) is 5.56 Å². The first kappa shape index (κ1) is 20.5. The van der Waals surface area contributed by atoms with Crippen molar-refractivity contribution in [3.63, 3.8) is 0 Å².